The monoisotopic (exact) mass is 537 g/mol. The second-order valence-corrected chi connectivity index (χ2v) is 11.4. The zero-order valence-corrected chi connectivity index (χ0v) is 23.0. The lowest BCUT2D eigenvalue weighted by Gasteiger charge is -2.47. The summed E-state index contributed by atoms with van der Waals surface area (Å²) in [6.07, 6.45) is 7.68. The Morgan fingerprint density at radius 1 is 0.925 bits per heavy atom. The van der Waals surface area contributed by atoms with Gasteiger partial charge in [-0.15, -0.1) is 0 Å². The van der Waals surface area contributed by atoms with Gasteiger partial charge in [0, 0.05) is 23.5 Å². The molecule has 5 nitrogen and oxygen atoms in total. The predicted molar refractivity (Wildman–Crippen MR) is 155 cm³/mol. The number of benzene rings is 3. The van der Waals surface area contributed by atoms with Gasteiger partial charge in [0.2, 0.25) is 0 Å². The topological polar surface area (TPSA) is 54.3 Å². The van der Waals surface area contributed by atoms with Crippen LogP contribution in [0.1, 0.15) is 72.1 Å². The number of hydrogen-bond acceptors (Lipinski definition) is 2. The molecule has 6 rings (SSSR count). The molecule has 4 aromatic rings. The summed E-state index contributed by atoms with van der Waals surface area (Å²) in [6, 6.07) is 24.0. The Morgan fingerprint density at radius 3 is 2.35 bits per heavy atom. The first kappa shape index (κ1) is 26.3. The van der Waals surface area contributed by atoms with E-state index in [0.717, 1.165) is 53.3 Å². The third-order valence-corrected chi connectivity index (χ3v) is 8.69. The van der Waals surface area contributed by atoms with Crippen LogP contribution in [-0.4, -0.2) is 27.3 Å². The number of rotatable bonds is 5. The minimum absolute atomic E-state index is 0.0706. The summed E-state index contributed by atoms with van der Waals surface area (Å²) < 4.78 is 15.8. The van der Waals surface area contributed by atoms with Gasteiger partial charge in [-0.2, -0.15) is 0 Å². The number of aryl methyl sites for hydroxylation is 1. The van der Waals surface area contributed by atoms with Crippen molar-refractivity contribution in [2.24, 2.45) is 0 Å². The molecule has 40 heavy (non-hydrogen) atoms. The van der Waals surface area contributed by atoms with Crippen molar-refractivity contribution in [2.45, 2.75) is 76.5 Å². The van der Waals surface area contributed by atoms with E-state index in [2.05, 4.69) is 11.4 Å². The van der Waals surface area contributed by atoms with Crippen LogP contribution in [-0.2, 0) is 23.4 Å². The van der Waals surface area contributed by atoms with Gasteiger partial charge in [0.05, 0.1) is 6.54 Å². The largest absolute Gasteiger partial charge is 0.351 e. The van der Waals surface area contributed by atoms with Crippen molar-refractivity contribution in [2.75, 3.05) is 0 Å². The lowest BCUT2D eigenvalue weighted by Crippen LogP contribution is -2.64. The number of nitrogens with zero attached hydrogens (tertiary/aromatic N) is 2. The van der Waals surface area contributed by atoms with Crippen LogP contribution < -0.4 is 5.32 Å². The van der Waals surface area contributed by atoms with Crippen LogP contribution in [0.5, 0.6) is 0 Å². The molecule has 1 atom stereocenters. The Morgan fingerprint density at radius 2 is 1.62 bits per heavy atom. The number of halogens is 1. The van der Waals surface area contributed by atoms with E-state index in [1.54, 1.807) is 17.0 Å². The van der Waals surface area contributed by atoms with E-state index in [-0.39, 0.29) is 30.2 Å². The third-order valence-electron chi connectivity index (χ3n) is 8.69. The first-order chi connectivity index (χ1) is 19.5. The zero-order chi connectivity index (χ0) is 27.7. The normalized spacial score (nSPS) is 20.1. The quantitative estimate of drug-likeness (QED) is 0.302. The molecular formula is C34H36FN3O2. The molecule has 1 saturated carbocycles. The average molecular weight is 538 g/mol. The fourth-order valence-corrected chi connectivity index (χ4v) is 6.51. The van der Waals surface area contributed by atoms with Crippen LogP contribution in [0.25, 0.3) is 10.9 Å². The number of carbonyl (C=O) groups excluding carboxylic acids is 2. The van der Waals surface area contributed by atoms with Gasteiger partial charge in [0.25, 0.3) is 11.8 Å². The summed E-state index contributed by atoms with van der Waals surface area (Å²) in [5.74, 6) is -0.693. The fraction of sp³-hybridized carbons (Fsp3) is 0.353. The molecule has 2 amide bonds. The van der Waals surface area contributed by atoms with Crippen LogP contribution in [0.4, 0.5) is 4.39 Å². The van der Waals surface area contributed by atoms with Gasteiger partial charge in [-0.05, 0) is 60.7 Å². The van der Waals surface area contributed by atoms with Crippen LogP contribution in [0.2, 0.25) is 0 Å². The molecule has 2 aliphatic rings. The van der Waals surface area contributed by atoms with Gasteiger partial charge < -0.3 is 14.8 Å². The van der Waals surface area contributed by atoms with Crippen molar-refractivity contribution in [1.29, 1.82) is 0 Å². The smallest absolute Gasteiger partial charge is 0.272 e. The zero-order valence-electron chi connectivity index (χ0n) is 23.0. The van der Waals surface area contributed by atoms with Crippen LogP contribution >= 0.6 is 0 Å². The van der Waals surface area contributed by atoms with E-state index in [4.69, 9.17) is 0 Å². The van der Waals surface area contributed by atoms with Gasteiger partial charge in [0.1, 0.15) is 11.5 Å². The molecule has 1 aliphatic carbocycles. The molecule has 3 aromatic carbocycles. The maximum absolute atomic E-state index is 14.7. The lowest BCUT2D eigenvalue weighted by atomic mass is 9.83. The minimum Gasteiger partial charge on any atom is -0.351 e. The van der Waals surface area contributed by atoms with Crippen molar-refractivity contribution in [3.63, 3.8) is 0 Å². The van der Waals surface area contributed by atoms with Gasteiger partial charge in [-0.3, -0.25) is 9.59 Å². The van der Waals surface area contributed by atoms with E-state index in [1.807, 2.05) is 60.0 Å². The van der Waals surface area contributed by atoms with E-state index in [0.29, 0.717) is 12.2 Å². The average Bonchev–Trinajstić information content (AvgIpc) is 3.30. The van der Waals surface area contributed by atoms with E-state index >= 15 is 0 Å². The molecule has 1 aromatic heterocycles. The number of carbonyl (C=O) groups is 2. The van der Waals surface area contributed by atoms with Crippen molar-refractivity contribution >= 4 is 22.7 Å². The Hall–Kier alpha value is -3.93. The molecule has 206 valence electrons. The maximum atomic E-state index is 14.7. The molecule has 2 heterocycles. The predicted octanol–water partition coefficient (Wildman–Crippen LogP) is 6.87. The van der Waals surface area contributed by atoms with Gasteiger partial charge in [-0.1, -0.05) is 86.7 Å². The SMILES string of the molecule is Cc1ccc2cc3n(c2c1)C[C@](C(=O)NC1CCCCCCC1)(c1ccccc1)N(Cc1ccc(F)cc1)C3=O. The Balaban J connectivity index is 1.52. The van der Waals surface area contributed by atoms with Crippen LogP contribution in [0.15, 0.2) is 78.9 Å². The van der Waals surface area contributed by atoms with E-state index in [1.165, 1.54) is 31.4 Å². The Kier molecular flexibility index (Phi) is 7.18. The van der Waals surface area contributed by atoms with E-state index < -0.39 is 5.54 Å². The molecule has 0 spiro atoms. The van der Waals surface area contributed by atoms with Gasteiger partial charge in [-0.25, -0.2) is 4.39 Å². The molecule has 0 saturated heterocycles. The number of nitrogens with one attached hydrogen (secondary N) is 1. The highest BCUT2D eigenvalue weighted by Gasteiger charge is 2.52. The molecule has 0 radical (unpaired) electrons. The molecule has 6 heteroatoms. The summed E-state index contributed by atoms with van der Waals surface area (Å²) in [6.45, 7) is 2.52. The Labute approximate surface area is 235 Å². The summed E-state index contributed by atoms with van der Waals surface area (Å²) >= 11 is 0. The summed E-state index contributed by atoms with van der Waals surface area (Å²) in [5.41, 5.74) is 2.87. The molecule has 0 unspecified atom stereocenters. The first-order valence-corrected chi connectivity index (χ1v) is 14.5. The number of hydrogen-bond donors (Lipinski definition) is 1. The second kappa shape index (κ2) is 10.9. The summed E-state index contributed by atoms with van der Waals surface area (Å²) in [4.78, 5) is 30.9. The molecule has 0 bridgehead atoms. The van der Waals surface area contributed by atoms with Gasteiger partial charge in [0.15, 0.2) is 5.54 Å². The second-order valence-electron chi connectivity index (χ2n) is 11.4. The summed E-state index contributed by atoms with van der Waals surface area (Å²) in [7, 11) is 0. The van der Waals surface area contributed by atoms with Crippen molar-refractivity contribution in [3.8, 4) is 0 Å². The maximum Gasteiger partial charge on any atom is 0.272 e. The third kappa shape index (κ3) is 4.80. The van der Waals surface area contributed by atoms with E-state index in [9.17, 15) is 14.0 Å². The molecular weight excluding hydrogens is 501 g/mol. The van der Waals surface area contributed by atoms with Crippen molar-refractivity contribution < 1.29 is 14.0 Å². The summed E-state index contributed by atoms with van der Waals surface area (Å²) in [5, 5.41) is 4.39. The fourth-order valence-electron chi connectivity index (χ4n) is 6.51. The van der Waals surface area contributed by atoms with Crippen LogP contribution in [0.3, 0.4) is 0 Å². The molecule has 1 fully saturated rings. The number of fused-ring (bicyclic) bond motifs is 3. The highest BCUT2D eigenvalue weighted by Crippen LogP contribution is 2.40. The van der Waals surface area contributed by atoms with Crippen molar-refractivity contribution in [1.82, 2.24) is 14.8 Å². The number of amides is 2. The minimum atomic E-state index is -1.28. The Bertz CT molecular complexity index is 1520. The first-order valence-electron chi connectivity index (χ1n) is 14.5. The van der Waals surface area contributed by atoms with Crippen LogP contribution in [0, 0.1) is 12.7 Å². The van der Waals surface area contributed by atoms with Gasteiger partial charge >= 0.3 is 0 Å². The highest BCUT2D eigenvalue weighted by molar-refractivity contribution is 6.04. The highest BCUT2D eigenvalue weighted by atomic mass is 19.1. The molecule has 1 aliphatic heterocycles. The lowest BCUT2D eigenvalue weighted by molar-refractivity contribution is -0.136. The molecule has 1 N–H and O–H groups in total. The standard InChI is InChI=1S/C34H36FN3O2/c1-24-14-17-26-21-31-32(39)38(22-25-15-18-28(35)19-16-25)34(23-37(31)30(26)20-24,27-10-6-5-7-11-27)33(40)36-29-12-8-3-2-4-9-13-29/h5-7,10-11,14-21,29H,2-4,8-9,12-13,22-23H2,1H3,(H,36,40)/t34-/m1/s1. The van der Waals surface area contributed by atoms with Crippen molar-refractivity contribution in [3.05, 3.63) is 107 Å². The number of aromatic nitrogens is 1.